The molecule has 0 N–H and O–H groups in total. The van der Waals surface area contributed by atoms with Crippen LogP contribution in [0.1, 0.15) is 18.2 Å². The third-order valence-electron chi connectivity index (χ3n) is 3.07. The van der Waals surface area contributed by atoms with Gasteiger partial charge in [0.25, 0.3) is 5.56 Å². The maximum atomic E-state index is 11.9. The molecule has 96 valence electrons. The van der Waals surface area contributed by atoms with Gasteiger partial charge in [-0.2, -0.15) is 4.57 Å². The van der Waals surface area contributed by atoms with Crippen LogP contribution in [0.15, 0.2) is 47.0 Å². The van der Waals surface area contributed by atoms with Gasteiger partial charge in [0, 0.05) is 29.8 Å². The molecule has 0 aromatic carbocycles. The lowest BCUT2D eigenvalue weighted by Gasteiger charge is -1.99. The standard InChI is InChI=1S/C14H14N3OS/c1-2-11-3-5-16(6-4-11)10-12-9-13(18)17-7-8-19-14(17)15-12/h3-9H,2,10H2,1H3/q+1. The van der Waals surface area contributed by atoms with Gasteiger partial charge < -0.3 is 0 Å². The van der Waals surface area contributed by atoms with Gasteiger partial charge >= 0.3 is 0 Å². The summed E-state index contributed by atoms with van der Waals surface area (Å²) in [7, 11) is 0. The summed E-state index contributed by atoms with van der Waals surface area (Å²) in [5.41, 5.74) is 2.08. The van der Waals surface area contributed by atoms with Crippen molar-refractivity contribution in [2.45, 2.75) is 19.9 Å². The lowest BCUT2D eigenvalue weighted by atomic mass is 10.2. The van der Waals surface area contributed by atoms with Crippen LogP contribution in [0.5, 0.6) is 0 Å². The topological polar surface area (TPSA) is 38.2 Å². The Kier molecular flexibility index (Phi) is 3.13. The molecule has 0 aliphatic rings. The first-order valence-electron chi connectivity index (χ1n) is 6.20. The van der Waals surface area contributed by atoms with Crippen molar-refractivity contribution in [1.82, 2.24) is 9.38 Å². The largest absolute Gasteiger partial charge is 0.269 e. The first-order valence-corrected chi connectivity index (χ1v) is 7.08. The average molecular weight is 272 g/mol. The Hall–Kier alpha value is -2.01. The molecule has 5 heteroatoms. The summed E-state index contributed by atoms with van der Waals surface area (Å²) in [5.74, 6) is 0. The third kappa shape index (κ3) is 2.42. The first kappa shape index (κ1) is 12.0. The molecule has 0 amide bonds. The molecule has 0 unspecified atom stereocenters. The van der Waals surface area contributed by atoms with Crippen molar-refractivity contribution in [3.8, 4) is 0 Å². The van der Waals surface area contributed by atoms with Crippen LogP contribution in [-0.2, 0) is 13.0 Å². The zero-order chi connectivity index (χ0) is 13.2. The number of hydrogen-bond donors (Lipinski definition) is 0. The van der Waals surface area contributed by atoms with Crippen LogP contribution in [0, 0.1) is 0 Å². The van der Waals surface area contributed by atoms with Gasteiger partial charge in [0.05, 0.1) is 0 Å². The average Bonchev–Trinajstić information content (AvgIpc) is 2.88. The third-order valence-corrected chi connectivity index (χ3v) is 3.83. The Morgan fingerprint density at radius 1 is 1.37 bits per heavy atom. The second-order valence-electron chi connectivity index (χ2n) is 4.37. The molecule has 3 aromatic heterocycles. The minimum atomic E-state index is -0.0213. The van der Waals surface area contributed by atoms with E-state index in [4.69, 9.17) is 0 Å². The minimum absolute atomic E-state index is 0.0213. The molecule has 4 nitrogen and oxygen atoms in total. The number of rotatable bonds is 3. The predicted octanol–water partition coefficient (Wildman–Crippen LogP) is 1.65. The zero-order valence-corrected chi connectivity index (χ0v) is 11.4. The quantitative estimate of drug-likeness (QED) is 0.680. The van der Waals surface area contributed by atoms with E-state index in [2.05, 4.69) is 24.0 Å². The van der Waals surface area contributed by atoms with Crippen molar-refractivity contribution in [2.24, 2.45) is 0 Å². The number of hydrogen-bond acceptors (Lipinski definition) is 3. The van der Waals surface area contributed by atoms with Crippen LogP contribution < -0.4 is 10.1 Å². The zero-order valence-electron chi connectivity index (χ0n) is 10.6. The summed E-state index contributed by atoms with van der Waals surface area (Å²) in [6.07, 6.45) is 6.83. The first-order chi connectivity index (χ1) is 9.26. The van der Waals surface area contributed by atoms with Crippen LogP contribution in [0.3, 0.4) is 0 Å². The second-order valence-corrected chi connectivity index (χ2v) is 5.25. The van der Waals surface area contributed by atoms with E-state index in [0.717, 1.165) is 17.1 Å². The van der Waals surface area contributed by atoms with Crippen molar-refractivity contribution in [3.63, 3.8) is 0 Å². The van der Waals surface area contributed by atoms with Gasteiger partial charge in [0.15, 0.2) is 23.9 Å². The van der Waals surface area contributed by atoms with E-state index in [0.29, 0.717) is 6.54 Å². The molecule has 0 atom stereocenters. The Bertz CT molecular complexity index is 758. The number of pyridine rings is 1. The maximum Gasteiger partial charge on any atom is 0.258 e. The summed E-state index contributed by atoms with van der Waals surface area (Å²) < 4.78 is 3.60. The number of thiazole rings is 1. The van der Waals surface area contributed by atoms with Crippen LogP contribution in [-0.4, -0.2) is 9.38 Å². The summed E-state index contributed by atoms with van der Waals surface area (Å²) in [6.45, 7) is 2.75. The van der Waals surface area contributed by atoms with Gasteiger partial charge in [-0.1, -0.05) is 6.92 Å². The molecule has 0 aliphatic carbocycles. The number of nitrogens with zero attached hydrogens (tertiary/aromatic N) is 3. The summed E-state index contributed by atoms with van der Waals surface area (Å²) >= 11 is 1.47. The Balaban J connectivity index is 1.93. The molecule has 0 saturated heterocycles. The lowest BCUT2D eigenvalue weighted by molar-refractivity contribution is -0.688. The molecule has 19 heavy (non-hydrogen) atoms. The Morgan fingerprint density at radius 3 is 2.89 bits per heavy atom. The van der Waals surface area contributed by atoms with Gasteiger partial charge in [-0.05, 0) is 12.0 Å². The number of aromatic nitrogens is 3. The molecule has 3 heterocycles. The van der Waals surface area contributed by atoms with E-state index < -0.39 is 0 Å². The lowest BCUT2D eigenvalue weighted by Crippen LogP contribution is -2.34. The molecular weight excluding hydrogens is 258 g/mol. The fourth-order valence-corrected chi connectivity index (χ4v) is 2.72. The van der Waals surface area contributed by atoms with E-state index in [1.807, 2.05) is 22.3 Å². The highest BCUT2D eigenvalue weighted by Crippen LogP contribution is 2.06. The van der Waals surface area contributed by atoms with Crippen LogP contribution in [0.4, 0.5) is 0 Å². The van der Waals surface area contributed by atoms with Gasteiger partial charge in [0.2, 0.25) is 0 Å². The van der Waals surface area contributed by atoms with E-state index in [-0.39, 0.29) is 5.56 Å². The normalized spacial score (nSPS) is 11.0. The van der Waals surface area contributed by atoms with E-state index >= 15 is 0 Å². The van der Waals surface area contributed by atoms with Crippen LogP contribution in [0.25, 0.3) is 4.96 Å². The van der Waals surface area contributed by atoms with E-state index in [1.165, 1.54) is 16.9 Å². The van der Waals surface area contributed by atoms with Crippen molar-refractivity contribution < 1.29 is 4.57 Å². The van der Waals surface area contributed by atoms with Gasteiger partial charge in [-0.15, -0.1) is 11.3 Å². The number of fused-ring (bicyclic) bond motifs is 1. The minimum Gasteiger partial charge on any atom is -0.269 e. The molecular formula is C14H14N3OS+. The Morgan fingerprint density at radius 2 is 2.16 bits per heavy atom. The highest BCUT2D eigenvalue weighted by molar-refractivity contribution is 7.15. The van der Waals surface area contributed by atoms with Gasteiger partial charge in [-0.3, -0.25) is 9.20 Å². The molecule has 0 radical (unpaired) electrons. The fraction of sp³-hybridized carbons (Fsp3) is 0.214. The molecule has 0 spiro atoms. The number of aryl methyl sites for hydroxylation is 1. The van der Waals surface area contributed by atoms with Crippen LogP contribution >= 0.6 is 11.3 Å². The van der Waals surface area contributed by atoms with E-state index in [9.17, 15) is 4.79 Å². The summed E-state index contributed by atoms with van der Waals surface area (Å²) in [6, 6.07) is 5.79. The van der Waals surface area contributed by atoms with Crippen molar-refractivity contribution in [1.29, 1.82) is 0 Å². The van der Waals surface area contributed by atoms with Crippen molar-refractivity contribution >= 4 is 16.3 Å². The highest BCUT2D eigenvalue weighted by Gasteiger charge is 2.08. The Labute approximate surface area is 114 Å². The molecule has 3 rings (SSSR count). The van der Waals surface area contributed by atoms with Gasteiger partial charge in [-0.25, -0.2) is 4.98 Å². The molecule has 0 bridgehead atoms. The van der Waals surface area contributed by atoms with E-state index in [1.54, 1.807) is 16.7 Å². The van der Waals surface area contributed by atoms with Gasteiger partial charge in [0.1, 0.15) is 5.69 Å². The summed E-state index contributed by atoms with van der Waals surface area (Å²) in [4.78, 5) is 17.1. The predicted molar refractivity (Wildman–Crippen MR) is 74.5 cm³/mol. The van der Waals surface area contributed by atoms with Crippen LogP contribution in [0.2, 0.25) is 0 Å². The van der Waals surface area contributed by atoms with Crippen molar-refractivity contribution in [2.75, 3.05) is 0 Å². The molecule has 3 aromatic rings. The van der Waals surface area contributed by atoms with Crippen molar-refractivity contribution in [3.05, 3.63) is 63.8 Å². The molecule has 0 saturated carbocycles. The molecule has 0 aliphatic heterocycles. The molecule has 0 fully saturated rings. The summed E-state index contributed by atoms with van der Waals surface area (Å²) in [5, 5.41) is 1.87. The highest BCUT2D eigenvalue weighted by atomic mass is 32.1. The monoisotopic (exact) mass is 272 g/mol. The second kappa shape index (κ2) is 4.93. The fourth-order valence-electron chi connectivity index (χ4n) is 1.99. The smallest absolute Gasteiger partial charge is 0.258 e. The maximum absolute atomic E-state index is 11.9. The SMILES string of the molecule is CCc1cc[n+](Cc2cc(=O)n3ccsc3n2)cc1.